The summed E-state index contributed by atoms with van der Waals surface area (Å²) in [6.07, 6.45) is 10.5. The van der Waals surface area contributed by atoms with Crippen LogP contribution < -0.4 is 10.9 Å². The summed E-state index contributed by atoms with van der Waals surface area (Å²) in [5.41, 5.74) is 2.42. The number of fused-ring (bicyclic) bond motifs is 1. The van der Waals surface area contributed by atoms with Crippen molar-refractivity contribution in [1.82, 2.24) is 34.5 Å². The molecule has 0 bridgehead atoms. The molecular weight excluding hydrogens is 380 g/mol. The van der Waals surface area contributed by atoms with E-state index in [1.807, 2.05) is 19.2 Å². The van der Waals surface area contributed by atoms with Crippen molar-refractivity contribution in [3.8, 4) is 11.3 Å². The second-order valence-corrected chi connectivity index (χ2v) is 7.62. The van der Waals surface area contributed by atoms with Crippen LogP contribution in [0, 0.1) is 0 Å². The fraction of sp³-hybridized carbons (Fsp3) is 0.333. The first-order valence-corrected chi connectivity index (χ1v) is 10.1. The predicted molar refractivity (Wildman–Crippen MR) is 113 cm³/mol. The second kappa shape index (κ2) is 7.66. The quantitative estimate of drug-likeness (QED) is 0.559. The molecule has 1 saturated carbocycles. The van der Waals surface area contributed by atoms with Gasteiger partial charge in [-0.25, -0.2) is 14.6 Å². The average Bonchev–Trinajstić information content (AvgIpc) is 3.17. The maximum Gasteiger partial charge on any atom is 0.267 e. The van der Waals surface area contributed by atoms with E-state index in [4.69, 9.17) is 0 Å². The lowest BCUT2D eigenvalue weighted by Crippen LogP contribution is -2.33. The molecule has 4 aromatic heterocycles. The minimum Gasteiger partial charge on any atom is -0.367 e. The zero-order valence-electron chi connectivity index (χ0n) is 16.6. The summed E-state index contributed by atoms with van der Waals surface area (Å²) < 4.78 is 3.38. The van der Waals surface area contributed by atoms with Crippen molar-refractivity contribution in [3.05, 3.63) is 59.5 Å². The normalized spacial score (nSPS) is 19.1. The van der Waals surface area contributed by atoms with Crippen LogP contribution in [-0.2, 0) is 7.05 Å². The van der Waals surface area contributed by atoms with Gasteiger partial charge in [-0.2, -0.15) is 10.2 Å². The highest BCUT2D eigenvalue weighted by molar-refractivity contribution is 5.86. The van der Waals surface area contributed by atoms with Gasteiger partial charge in [0.1, 0.15) is 12.1 Å². The van der Waals surface area contributed by atoms with Crippen molar-refractivity contribution in [2.45, 2.75) is 37.8 Å². The Morgan fingerprint density at radius 3 is 2.73 bits per heavy atom. The molecule has 0 unspecified atom stereocenters. The van der Waals surface area contributed by atoms with Crippen LogP contribution in [0.3, 0.4) is 0 Å². The first-order valence-electron chi connectivity index (χ1n) is 10.1. The summed E-state index contributed by atoms with van der Waals surface area (Å²) in [5.74, 6) is 0.811. The van der Waals surface area contributed by atoms with E-state index in [0.717, 1.165) is 53.8 Å². The van der Waals surface area contributed by atoms with Crippen LogP contribution in [-0.4, -0.2) is 40.6 Å². The molecule has 4 aromatic rings. The van der Waals surface area contributed by atoms with E-state index in [1.54, 1.807) is 46.4 Å². The van der Waals surface area contributed by atoms with Crippen LogP contribution in [0.4, 0.5) is 5.82 Å². The van der Waals surface area contributed by atoms with Crippen LogP contribution in [0.2, 0.25) is 0 Å². The van der Waals surface area contributed by atoms with Gasteiger partial charge in [0.05, 0.1) is 23.3 Å². The van der Waals surface area contributed by atoms with Crippen LogP contribution >= 0.6 is 0 Å². The fourth-order valence-electron chi connectivity index (χ4n) is 4.09. The maximum absolute atomic E-state index is 12.5. The standard InChI is InChI=1S/C21H22N8O/c1-28-21-17(12-25-28)20(23-13-24-21)26-15-4-6-16(7-5-15)29-19(30)9-8-18(27-29)14-3-2-10-22-11-14/h2-3,8-13,15-16H,4-7H2,1H3,(H,23,24,26). The van der Waals surface area contributed by atoms with Crippen LogP contribution in [0.15, 0.2) is 54.0 Å². The Balaban J connectivity index is 1.31. The lowest BCUT2D eigenvalue weighted by Gasteiger charge is -2.30. The molecule has 0 aliphatic heterocycles. The number of anilines is 1. The smallest absolute Gasteiger partial charge is 0.267 e. The van der Waals surface area contributed by atoms with Crippen molar-refractivity contribution in [3.63, 3.8) is 0 Å². The molecule has 1 aliphatic rings. The highest BCUT2D eigenvalue weighted by Gasteiger charge is 2.25. The van der Waals surface area contributed by atoms with Crippen molar-refractivity contribution in [1.29, 1.82) is 0 Å². The Morgan fingerprint density at radius 2 is 1.93 bits per heavy atom. The van der Waals surface area contributed by atoms with Gasteiger partial charge in [-0.3, -0.25) is 14.5 Å². The monoisotopic (exact) mass is 402 g/mol. The topological polar surface area (TPSA) is 103 Å². The highest BCUT2D eigenvalue weighted by Crippen LogP contribution is 2.30. The average molecular weight is 402 g/mol. The Kier molecular flexibility index (Phi) is 4.70. The molecule has 5 rings (SSSR count). The van der Waals surface area contributed by atoms with Crippen LogP contribution in [0.5, 0.6) is 0 Å². The Bertz CT molecular complexity index is 1220. The summed E-state index contributed by atoms with van der Waals surface area (Å²) >= 11 is 0. The lowest BCUT2D eigenvalue weighted by atomic mass is 9.91. The summed E-state index contributed by atoms with van der Waals surface area (Å²) in [4.78, 5) is 25.3. The molecule has 152 valence electrons. The van der Waals surface area contributed by atoms with Crippen molar-refractivity contribution < 1.29 is 0 Å². The number of pyridine rings is 1. The third-order valence-corrected chi connectivity index (χ3v) is 5.70. The fourth-order valence-corrected chi connectivity index (χ4v) is 4.09. The molecule has 9 nitrogen and oxygen atoms in total. The van der Waals surface area contributed by atoms with Gasteiger partial charge in [-0.1, -0.05) is 0 Å². The first kappa shape index (κ1) is 18.4. The first-order chi connectivity index (χ1) is 14.7. The number of rotatable bonds is 4. The number of aromatic nitrogens is 7. The molecule has 0 spiro atoms. The van der Waals surface area contributed by atoms with Crippen LogP contribution in [0.25, 0.3) is 22.3 Å². The van der Waals surface area contributed by atoms with Gasteiger partial charge in [0.25, 0.3) is 5.56 Å². The number of hydrogen-bond acceptors (Lipinski definition) is 7. The maximum atomic E-state index is 12.5. The molecule has 30 heavy (non-hydrogen) atoms. The summed E-state index contributed by atoms with van der Waals surface area (Å²) in [6, 6.07) is 7.56. The number of nitrogens with zero attached hydrogens (tertiary/aromatic N) is 7. The molecule has 1 aliphatic carbocycles. The molecule has 9 heteroatoms. The van der Waals surface area contributed by atoms with E-state index in [2.05, 4.69) is 30.5 Å². The van der Waals surface area contributed by atoms with E-state index in [-0.39, 0.29) is 17.6 Å². The van der Waals surface area contributed by atoms with E-state index < -0.39 is 0 Å². The molecule has 0 saturated heterocycles. The van der Waals surface area contributed by atoms with Crippen molar-refractivity contribution >= 4 is 16.9 Å². The van der Waals surface area contributed by atoms with E-state index in [1.165, 1.54) is 0 Å². The van der Waals surface area contributed by atoms with Gasteiger partial charge in [-0.05, 0) is 43.9 Å². The minimum atomic E-state index is -0.0630. The molecule has 0 amide bonds. The molecule has 0 aromatic carbocycles. The van der Waals surface area contributed by atoms with E-state index in [0.29, 0.717) is 0 Å². The van der Waals surface area contributed by atoms with Crippen molar-refractivity contribution in [2.24, 2.45) is 7.05 Å². The minimum absolute atomic E-state index is 0.0630. The number of nitrogens with one attached hydrogen (secondary N) is 1. The zero-order chi connectivity index (χ0) is 20.5. The van der Waals surface area contributed by atoms with Gasteiger partial charge in [0, 0.05) is 37.1 Å². The summed E-state index contributed by atoms with van der Waals surface area (Å²) in [5, 5.41) is 13.4. The third kappa shape index (κ3) is 3.42. The van der Waals surface area contributed by atoms with Gasteiger partial charge < -0.3 is 5.32 Å². The van der Waals surface area contributed by atoms with Crippen LogP contribution in [0.1, 0.15) is 31.7 Å². The molecule has 1 fully saturated rings. The van der Waals surface area contributed by atoms with Gasteiger partial charge in [-0.15, -0.1) is 0 Å². The SMILES string of the molecule is Cn1ncc2c(NC3CCC(n4nc(-c5cccnc5)ccc4=O)CC3)ncnc21. The van der Waals surface area contributed by atoms with Crippen molar-refractivity contribution in [2.75, 3.05) is 5.32 Å². The Morgan fingerprint density at radius 1 is 1.07 bits per heavy atom. The largest absolute Gasteiger partial charge is 0.367 e. The molecule has 1 N–H and O–H groups in total. The molecular formula is C21H22N8O. The summed E-state index contributed by atoms with van der Waals surface area (Å²) in [6.45, 7) is 0. The molecule has 4 heterocycles. The third-order valence-electron chi connectivity index (χ3n) is 5.70. The Labute approximate surface area is 172 Å². The van der Waals surface area contributed by atoms with Gasteiger partial charge in [0.2, 0.25) is 0 Å². The second-order valence-electron chi connectivity index (χ2n) is 7.62. The van der Waals surface area contributed by atoms with Gasteiger partial charge >= 0.3 is 0 Å². The van der Waals surface area contributed by atoms with E-state index >= 15 is 0 Å². The highest BCUT2D eigenvalue weighted by atomic mass is 16.1. The number of aryl methyl sites for hydroxylation is 1. The van der Waals surface area contributed by atoms with Gasteiger partial charge in [0.15, 0.2) is 5.65 Å². The number of hydrogen-bond donors (Lipinski definition) is 1. The van der Waals surface area contributed by atoms with E-state index in [9.17, 15) is 4.79 Å². The zero-order valence-corrected chi connectivity index (χ0v) is 16.6. The molecule has 0 atom stereocenters. The Hall–Kier alpha value is -3.62. The predicted octanol–water partition coefficient (Wildman–Crippen LogP) is 2.58. The summed E-state index contributed by atoms with van der Waals surface area (Å²) in [7, 11) is 1.87. The lowest BCUT2D eigenvalue weighted by molar-refractivity contribution is 0.304. The molecule has 0 radical (unpaired) electrons.